The summed E-state index contributed by atoms with van der Waals surface area (Å²) in [4.78, 5) is 8.20. The van der Waals surface area contributed by atoms with E-state index in [1.807, 2.05) is 0 Å². The predicted octanol–water partition coefficient (Wildman–Crippen LogP) is 2.65. The van der Waals surface area contributed by atoms with Crippen LogP contribution >= 0.6 is 11.6 Å². The minimum Gasteiger partial charge on any atom is -0.370 e. The number of nitrogens with two attached hydrogens (primary N) is 2. The SMILES string of the molecule is CC1CCC(NS(=O)(=O)c2ccc3c(Cl)cnc(N=C(N)N)c3c2)CC1. The predicted molar refractivity (Wildman–Crippen MR) is 104 cm³/mol. The number of benzene rings is 1. The van der Waals surface area contributed by atoms with E-state index in [0.717, 1.165) is 25.7 Å². The number of nitrogens with zero attached hydrogens (tertiary/aromatic N) is 2. The fourth-order valence-electron chi connectivity index (χ4n) is 3.22. The van der Waals surface area contributed by atoms with Crippen LogP contribution in [0.5, 0.6) is 0 Å². The maximum atomic E-state index is 12.8. The smallest absolute Gasteiger partial charge is 0.240 e. The van der Waals surface area contributed by atoms with Crippen LogP contribution in [-0.4, -0.2) is 25.4 Å². The average molecular weight is 396 g/mol. The van der Waals surface area contributed by atoms with Crippen molar-refractivity contribution < 1.29 is 8.42 Å². The van der Waals surface area contributed by atoms with Crippen LogP contribution in [-0.2, 0) is 10.0 Å². The van der Waals surface area contributed by atoms with Gasteiger partial charge >= 0.3 is 0 Å². The van der Waals surface area contributed by atoms with E-state index in [1.54, 1.807) is 6.07 Å². The molecule has 1 aliphatic rings. The van der Waals surface area contributed by atoms with E-state index in [1.165, 1.54) is 18.3 Å². The van der Waals surface area contributed by atoms with Gasteiger partial charge in [0.15, 0.2) is 11.8 Å². The van der Waals surface area contributed by atoms with E-state index in [2.05, 4.69) is 21.6 Å². The minimum absolute atomic E-state index is 0.0402. The molecule has 1 fully saturated rings. The zero-order valence-electron chi connectivity index (χ0n) is 14.4. The van der Waals surface area contributed by atoms with Gasteiger partial charge < -0.3 is 11.5 Å². The van der Waals surface area contributed by atoms with E-state index < -0.39 is 10.0 Å². The van der Waals surface area contributed by atoms with Gasteiger partial charge in [-0.15, -0.1) is 0 Å². The van der Waals surface area contributed by atoms with Crippen LogP contribution in [0, 0.1) is 5.92 Å². The van der Waals surface area contributed by atoms with Gasteiger partial charge in [0.2, 0.25) is 10.0 Å². The van der Waals surface area contributed by atoms with E-state index in [-0.39, 0.29) is 22.7 Å². The Morgan fingerprint density at radius 2 is 1.92 bits per heavy atom. The second-order valence-corrected chi connectivity index (χ2v) is 8.87. The largest absolute Gasteiger partial charge is 0.370 e. The summed E-state index contributed by atoms with van der Waals surface area (Å²) < 4.78 is 28.4. The highest BCUT2D eigenvalue weighted by Crippen LogP contribution is 2.32. The first-order valence-electron chi connectivity index (χ1n) is 8.46. The van der Waals surface area contributed by atoms with Crippen molar-refractivity contribution in [2.45, 2.75) is 43.5 Å². The number of nitrogens with one attached hydrogen (secondary N) is 1. The molecule has 3 rings (SSSR count). The van der Waals surface area contributed by atoms with Crippen molar-refractivity contribution in [1.82, 2.24) is 9.71 Å². The van der Waals surface area contributed by atoms with Gasteiger partial charge in [-0.25, -0.2) is 18.1 Å². The zero-order valence-corrected chi connectivity index (χ0v) is 16.0. The van der Waals surface area contributed by atoms with Crippen molar-refractivity contribution in [1.29, 1.82) is 0 Å². The Balaban J connectivity index is 1.98. The molecule has 1 heterocycles. The average Bonchev–Trinajstić information content (AvgIpc) is 2.59. The fourth-order valence-corrected chi connectivity index (χ4v) is 4.76. The Morgan fingerprint density at radius 3 is 2.58 bits per heavy atom. The van der Waals surface area contributed by atoms with Crippen LogP contribution < -0.4 is 16.2 Å². The summed E-state index contributed by atoms with van der Waals surface area (Å²) in [7, 11) is -3.66. The van der Waals surface area contributed by atoms with Crippen LogP contribution in [0.3, 0.4) is 0 Å². The number of aliphatic imine (C=N–C) groups is 1. The molecule has 0 unspecified atom stereocenters. The molecule has 0 saturated heterocycles. The summed E-state index contributed by atoms with van der Waals surface area (Å²) in [6, 6.07) is 4.63. The molecule has 0 radical (unpaired) electrons. The van der Waals surface area contributed by atoms with Crippen molar-refractivity contribution in [3.8, 4) is 0 Å². The van der Waals surface area contributed by atoms with Gasteiger partial charge in [0.25, 0.3) is 0 Å². The lowest BCUT2D eigenvalue weighted by Crippen LogP contribution is -2.37. The third-order valence-electron chi connectivity index (χ3n) is 4.67. The van der Waals surface area contributed by atoms with E-state index in [0.29, 0.717) is 21.7 Å². The molecular weight excluding hydrogens is 374 g/mol. The Bertz CT molecular complexity index is 949. The minimum atomic E-state index is -3.66. The van der Waals surface area contributed by atoms with Gasteiger partial charge in [0.1, 0.15) is 0 Å². The highest BCUT2D eigenvalue weighted by Gasteiger charge is 2.24. The van der Waals surface area contributed by atoms with Crippen LogP contribution in [0.15, 0.2) is 34.3 Å². The van der Waals surface area contributed by atoms with Gasteiger partial charge in [-0.3, -0.25) is 0 Å². The van der Waals surface area contributed by atoms with Crippen molar-refractivity contribution in [3.05, 3.63) is 29.4 Å². The van der Waals surface area contributed by atoms with Crippen LogP contribution in [0.25, 0.3) is 10.8 Å². The molecule has 5 N–H and O–H groups in total. The summed E-state index contributed by atoms with van der Waals surface area (Å²) in [5.74, 6) is 0.712. The van der Waals surface area contributed by atoms with Gasteiger partial charge in [-0.2, -0.15) is 4.99 Å². The van der Waals surface area contributed by atoms with E-state index in [9.17, 15) is 8.42 Å². The lowest BCUT2D eigenvalue weighted by Gasteiger charge is -2.26. The molecule has 9 heteroatoms. The first kappa shape index (κ1) is 18.9. The number of pyridine rings is 1. The van der Waals surface area contributed by atoms with Crippen molar-refractivity contribution in [3.63, 3.8) is 0 Å². The Kier molecular flexibility index (Phi) is 5.36. The molecule has 26 heavy (non-hydrogen) atoms. The second-order valence-electron chi connectivity index (χ2n) is 6.75. The summed E-state index contributed by atoms with van der Waals surface area (Å²) in [5, 5.41) is 1.51. The Labute approximate surface area is 157 Å². The summed E-state index contributed by atoms with van der Waals surface area (Å²) >= 11 is 6.16. The number of aromatic nitrogens is 1. The molecule has 0 atom stereocenters. The number of halogens is 1. The number of fused-ring (bicyclic) bond motifs is 1. The number of sulfonamides is 1. The van der Waals surface area contributed by atoms with Crippen LogP contribution in [0.1, 0.15) is 32.6 Å². The molecule has 2 aromatic rings. The third-order valence-corrected chi connectivity index (χ3v) is 6.49. The number of hydrogen-bond acceptors (Lipinski definition) is 4. The molecule has 1 aromatic carbocycles. The first-order chi connectivity index (χ1) is 12.3. The van der Waals surface area contributed by atoms with Crippen molar-refractivity contribution in [2.75, 3.05) is 0 Å². The molecule has 1 saturated carbocycles. The first-order valence-corrected chi connectivity index (χ1v) is 10.3. The van der Waals surface area contributed by atoms with Gasteiger partial charge in [-0.05, 0) is 43.7 Å². The third kappa shape index (κ3) is 4.08. The van der Waals surface area contributed by atoms with Crippen LogP contribution in [0.4, 0.5) is 5.82 Å². The molecule has 1 aliphatic carbocycles. The van der Waals surface area contributed by atoms with Gasteiger partial charge in [-0.1, -0.05) is 24.6 Å². The zero-order chi connectivity index (χ0) is 18.9. The van der Waals surface area contributed by atoms with E-state index >= 15 is 0 Å². The van der Waals surface area contributed by atoms with Crippen LogP contribution in [0.2, 0.25) is 5.02 Å². The standard InChI is InChI=1S/C17H22ClN5O2S/c1-10-2-4-11(5-3-10)23-26(24,25)12-6-7-13-14(8-12)16(22-17(19)20)21-9-15(13)18/h6-11,23H,2-5H2,1H3,(H4,19,20,21,22). The number of rotatable bonds is 4. The molecule has 140 valence electrons. The normalized spacial score (nSPS) is 20.8. The van der Waals surface area contributed by atoms with Crippen molar-refractivity contribution in [2.24, 2.45) is 22.4 Å². The topological polar surface area (TPSA) is 123 Å². The Morgan fingerprint density at radius 1 is 1.23 bits per heavy atom. The van der Waals surface area contributed by atoms with Gasteiger partial charge in [0, 0.05) is 23.0 Å². The molecular formula is C17H22ClN5O2S. The molecule has 7 nitrogen and oxygen atoms in total. The highest BCUT2D eigenvalue weighted by atomic mass is 35.5. The van der Waals surface area contributed by atoms with Crippen molar-refractivity contribution >= 4 is 44.2 Å². The van der Waals surface area contributed by atoms with E-state index in [4.69, 9.17) is 23.1 Å². The lowest BCUT2D eigenvalue weighted by atomic mass is 9.88. The molecule has 0 amide bonds. The van der Waals surface area contributed by atoms with Gasteiger partial charge in [0.05, 0.1) is 9.92 Å². The summed E-state index contributed by atoms with van der Waals surface area (Å²) in [6.45, 7) is 2.19. The number of guanidine groups is 1. The molecule has 0 aliphatic heterocycles. The monoisotopic (exact) mass is 395 g/mol. The Hall–Kier alpha value is -1.90. The number of hydrogen-bond donors (Lipinski definition) is 3. The molecule has 0 spiro atoms. The summed E-state index contributed by atoms with van der Waals surface area (Å²) in [5.41, 5.74) is 10.9. The molecule has 0 bridgehead atoms. The lowest BCUT2D eigenvalue weighted by molar-refractivity contribution is 0.332. The quantitative estimate of drug-likeness (QED) is 0.542. The molecule has 1 aromatic heterocycles. The maximum Gasteiger partial charge on any atom is 0.240 e. The fraction of sp³-hybridized carbons (Fsp3) is 0.412. The summed E-state index contributed by atoms with van der Waals surface area (Å²) in [6.07, 6.45) is 5.18. The highest BCUT2D eigenvalue weighted by molar-refractivity contribution is 7.89. The second kappa shape index (κ2) is 7.38. The maximum absolute atomic E-state index is 12.8.